The van der Waals surface area contributed by atoms with Gasteiger partial charge in [-0.25, -0.2) is 0 Å². The Bertz CT molecular complexity index is 856. The first-order chi connectivity index (χ1) is 13.6. The molecule has 1 N–H and O–H groups in total. The molecule has 0 radical (unpaired) electrons. The van der Waals surface area contributed by atoms with E-state index in [9.17, 15) is 9.59 Å². The lowest BCUT2D eigenvalue weighted by Gasteiger charge is -2.32. The molecule has 0 aromatic heterocycles. The van der Waals surface area contributed by atoms with E-state index in [1.807, 2.05) is 49.4 Å². The average molecular weight is 377 g/mol. The minimum absolute atomic E-state index is 0.0882. The molecule has 2 aromatic carbocycles. The van der Waals surface area contributed by atoms with Crippen LogP contribution >= 0.6 is 0 Å². The molecule has 4 rings (SSSR count). The van der Waals surface area contributed by atoms with Gasteiger partial charge in [0.25, 0.3) is 0 Å². The molecule has 4 heteroatoms. The van der Waals surface area contributed by atoms with Crippen molar-refractivity contribution in [2.45, 2.75) is 51.5 Å². The predicted molar refractivity (Wildman–Crippen MR) is 111 cm³/mol. The molecule has 1 saturated carbocycles. The van der Waals surface area contributed by atoms with Crippen LogP contribution in [0.4, 0.5) is 5.69 Å². The van der Waals surface area contributed by atoms with Crippen LogP contribution in [-0.2, 0) is 9.59 Å². The van der Waals surface area contributed by atoms with E-state index < -0.39 is 0 Å². The summed E-state index contributed by atoms with van der Waals surface area (Å²) in [5.74, 6) is 0.409. The van der Waals surface area contributed by atoms with Crippen LogP contribution < -0.4 is 5.32 Å². The molecule has 4 nitrogen and oxygen atoms in total. The molecule has 0 spiro atoms. The van der Waals surface area contributed by atoms with Crippen molar-refractivity contribution in [3.8, 4) is 0 Å². The molecule has 146 valence electrons. The number of nitrogens with one attached hydrogen (secondary N) is 1. The molecular formula is C24H28N2O2. The number of amides is 2. The first-order valence-corrected chi connectivity index (χ1v) is 10.4. The van der Waals surface area contributed by atoms with Gasteiger partial charge in [0.05, 0.1) is 6.04 Å². The lowest BCUT2D eigenvalue weighted by Crippen LogP contribution is -2.39. The summed E-state index contributed by atoms with van der Waals surface area (Å²) in [6.45, 7) is 2.14. The largest absolute Gasteiger partial charge is 0.324 e. The first kappa shape index (κ1) is 18.7. The SMILES string of the molecule is Cc1ccc2c(c1)C(c1ccccc1)N(C(=O)CC1CCCCC1)CC(=O)N2. The van der Waals surface area contributed by atoms with Crippen LogP contribution in [0.2, 0.25) is 0 Å². The molecule has 0 saturated heterocycles. The number of anilines is 1. The van der Waals surface area contributed by atoms with Gasteiger partial charge < -0.3 is 10.2 Å². The van der Waals surface area contributed by atoms with E-state index in [2.05, 4.69) is 11.4 Å². The van der Waals surface area contributed by atoms with Crippen molar-refractivity contribution in [3.05, 3.63) is 65.2 Å². The van der Waals surface area contributed by atoms with Gasteiger partial charge in [0.2, 0.25) is 11.8 Å². The second kappa shape index (κ2) is 8.17. The van der Waals surface area contributed by atoms with Gasteiger partial charge in [-0.05, 0) is 37.3 Å². The Balaban J connectivity index is 1.73. The normalized spacial score (nSPS) is 20.2. The molecular weight excluding hydrogens is 348 g/mol. The third kappa shape index (κ3) is 3.96. The maximum Gasteiger partial charge on any atom is 0.244 e. The van der Waals surface area contributed by atoms with Gasteiger partial charge in [0.1, 0.15) is 6.54 Å². The minimum atomic E-state index is -0.244. The lowest BCUT2D eigenvalue weighted by atomic mass is 9.86. The van der Waals surface area contributed by atoms with Crippen molar-refractivity contribution < 1.29 is 9.59 Å². The summed E-state index contributed by atoms with van der Waals surface area (Å²) in [6.07, 6.45) is 6.48. The quantitative estimate of drug-likeness (QED) is 0.834. The number of benzene rings is 2. The Morgan fingerprint density at radius 3 is 2.57 bits per heavy atom. The van der Waals surface area contributed by atoms with Crippen LogP contribution in [0.25, 0.3) is 0 Å². The van der Waals surface area contributed by atoms with Crippen LogP contribution in [0.5, 0.6) is 0 Å². The van der Waals surface area contributed by atoms with Gasteiger partial charge >= 0.3 is 0 Å². The highest BCUT2D eigenvalue weighted by Gasteiger charge is 2.34. The third-order valence-corrected chi connectivity index (χ3v) is 6.03. The van der Waals surface area contributed by atoms with E-state index in [0.717, 1.165) is 35.2 Å². The van der Waals surface area contributed by atoms with Gasteiger partial charge in [0, 0.05) is 17.7 Å². The van der Waals surface area contributed by atoms with E-state index in [4.69, 9.17) is 0 Å². The fraction of sp³-hybridized carbons (Fsp3) is 0.417. The summed E-state index contributed by atoms with van der Waals surface area (Å²) in [7, 11) is 0. The van der Waals surface area contributed by atoms with Crippen molar-refractivity contribution in [2.24, 2.45) is 5.92 Å². The smallest absolute Gasteiger partial charge is 0.244 e. The van der Waals surface area contributed by atoms with Crippen molar-refractivity contribution in [2.75, 3.05) is 11.9 Å². The Morgan fingerprint density at radius 1 is 1.07 bits per heavy atom. The van der Waals surface area contributed by atoms with E-state index in [1.165, 1.54) is 19.3 Å². The molecule has 1 aliphatic heterocycles. The van der Waals surface area contributed by atoms with Gasteiger partial charge in [0.15, 0.2) is 0 Å². The first-order valence-electron chi connectivity index (χ1n) is 10.4. The zero-order chi connectivity index (χ0) is 19.5. The van der Waals surface area contributed by atoms with Crippen molar-refractivity contribution >= 4 is 17.5 Å². The summed E-state index contributed by atoms with van der Waals surface area (Å²) in [6, 6.07) is 15.9. The minimum Gasteiger partial charge on any atom is -0.324 e. The number of hydrogen-bond donors (Lipinski definition) is 1. The number of hydrogen-bond acceptors (Lipinski definition) is 2. The van der Waals surface area contributed by atoms with E-state index in [-0.39, 0.29) is 24.4 Å². The molecule has 1 heterocycles. The topological polar surface area (TPSA) is 49.4 Å². The summed E-state index contributed by atoms with van der Waals surface area (Å²) < 4.78 is 0. The van der Waals surface area contributed by atoms with Crippen LogP contribution in [0, 0.1) is 12.8 Å². The molecule has 1 atom stereocenters. The maximum absolute atomic E-state index is 13.4. The summed E-state index contributed by atoms with van der Waals surface area (Å²) >= 11 is 0. The third-order valence-electron chi connectivity index (χ3n) is 6.03. The highest BCUT2D eigenvalue weighted by Crippen LogP contribution is 2.37. The second-order valence-corrected chi connectivity index (χ2v) is 8.18. The van der Waals surface area contributed by atoms with Gasteiger partial charge in [-0.2, -0.15) is 0 Å². The summed E-state index contributed by atoms with van der Waals surface area (Å²) in [5, 5.41) is 3.01. The molecule has 2 amide bonds. The Morgan fingerprint density at radius 2 is 1.82 bits per heavy atom. The molecule has 1 aliphatic carbocycles. The zero-order valence-corrected chi connectivity index (χ0v) is 16.5. The number of rotatable bonds is 3. The second-order valence-electron chi connectivity index (χ2n) is 8.18. The molecule has 2 aromatic rings. The number of carbonyl (C=O) groups excluding carboxylic acids is 2. The molecule has 2 aliphatic rings. The Kier molecular flexibility index (Phi) is 5.47. The monoisotopic (exact) mass is 376 g/mol. The summed E-state index contributed by atoms with van der Waals surface area (Å²) in [5.41, 5.74) is 3.96. The lowest BCUT2D eigenvalue weighted by molar-refractivity contribution is -0.137. The number of nitrogens with zero attached hydrogens (tertiary/aromatic N) is 1. The van der Waals surface area contributed by atoms with Gasteiger partial charge in [-0.1, -0.05) is 67.3 Å². The van der Waals surface area contributed by atoms with E-state index in [1.54, 1.807) is 4.90 Å². The van der Waals surface area contributed by atoms with Crippen molar-refractivity contribution in [1.82, 2.24) is 4.90 Å². The molecule has 1 unspecified atom stereocenters. The predicted octanol–water partition coefficient (Wildman–Crippen LogP) is 4.84. The average Bonchev–Trinajstić information content (AvgIpc) is 2.85. The van der Waals surface area contributed by atoms with Crippen molar-refractivity contribution in [1.29, 1.82) is 0 Å². The van der Waals surface area contributed by atoms with Crippen LogP contribution in [-0.4, -0.2) is 23.3 Å². The summed E-state index contributed by atoms with van der Waals surface area (Å²) in [4.78, 5) is 27.8. The molecule has 1 fully saturated rings. The fourth-order valence-electron chi connectivity index (χ4n) is 4.61. The fourth-order valence-corrected chi connectivity index (χ4v) is 4.61. The molecule has 0 bridgehead atoms. The molecule has 28 heavy (non-hydrogen) atoms. The Labute approximate surface area is 166 Å². The highest BCUT2D eigenvalue weighted by atomic mass is 16.2. The number of fused-ring (bicyclic) bond motifs is 1. The van der Waals surface area contributed by atoms with Crippen molar-refractivity contribution in [3.63, 3.8) is 0 Å². The number of carbonyl (C=O) groups is 2. The maximum atomic E-state index is 13.4. The van der Waals surface area contributed by atoms with Crippen LogP contribution in [0.15, 0.2) is 48.5 Å². The number of aryl methyl sites for hydroxylation is 1. The van der Waals surface area contributed by atoms with Gasteiger partial charge in [-0.15, -0.1) is 0 Å². The van der Waals surface area contributed by atoms with E-state index in [0.29, 0.717) is 12.3 Å². The van der Waals surface area contributed by atoms with Gasteiger partial charge in [-0.3, -0.25) is 9.59 Å². The van der Waals surface area contributed by atoms with Crippen LogP contribution in [0.1, 0.15) is 61.3 Å². The Hall–Kier alpha value is -2.62. The standard InChI is InChI=1S/C24H28N2O2/c1-17-12-13-21-20(14-17)24(19-10-6-3-7-11-19)26(16-22(27)25-21)23(28)15-18-8-4-2-5-9-18/h3,6-7,10-14,18,24H,2,4-5,8-9,15-16H2,1H3,(H,25,27). The van der Waals surface area contributed by atoms with Crippen LogP contribution in [0.3, 0.4) is 0 Å². The van der Waals surface area contributed by atoms with E-state index >= 15 is 0 Å². The highest BCUT2D eigenvalue weighted by molar-refractivity contribution is 5.97. The zero-order valence-electron chi connectivity index (χ0n) is 16.5.